The summed E-state index contributed by atoms with van der Waals surface area (Å²) >= 11 is 5.86. The summed E-state index contributed by atoms with van der Waals surface area (Å²) in [6, 6.07) is 11.1. The predicted octanol–water partition coefficient (Wildman–Crippen LogP) is 3.47. The summed E-state index contributed by atoms with van der Waals surface area (Å²) < 4.78 is 27.3. The van der Waals surface area contributed by atoms with E-state index >= 15 is 0 Å². The van der Waals surface area contributed by atoms with Gasteiger partial charge in [-0.15, -0.1) is 0 Å². The van der Waals surface area contributed by atoms with Crippen LogP contribution in [0.15, 0.2) is 47.4 Å². The van der Waals surface area contributed by atoms with Gasteiger partial charge in [-0.25, -0.2) is 8.42 Å². The average Bonchev–Trinajstić information content (AvgIpc) is 2.48. The lowest BCUT2D eigenvalue weighted by atomic mass is 10.1. The molecule has 5 nitrogen and oxygen atoms in total. The molecule has 0 spiro atoms. The Balaban J connectivity index is 2.17. The number of anilines is 1. The maximum atomic E-state index is 12.4. The molecular formula is C16H16ClNO4S. The highest BCUT2D eigenvalue weighted by Crippen LogP contribution is 2.23. The van der Waals surface area contributed by atoms with Gasteiger partial charge < -0.3 is 5.11 Å². The molecule has 0 radical (unpaired) electrons. The minimum absolute atomic E-state index is 0.00825. The highest BCUT2D eigenvalue weighted by Gasteiger charge is 2.15. The molecule has 0 amide bonds. The smallest absolute Gasteiger partial charge is 0.303 e. The van der Waals surface area contributed by atoms with Gasteiger partial charge in [-0.3, -0.25) is 9.52 Å². The number of halogens is 1. The van der Waals surface area contributed by atoms with Crippen molar-refractivity contribution in [2.24, 2.45) is 0 Å². The number of aliphatic carboxylic acids is 1. The maximum absolute atomic E-state index is 12.4. The molecule has 0 saturated carbocycles. The van der Waals surface area contributed by atoms with Crippen molar-refractivity contribution in [3.63, 3.8) is 0 Å². The Hall–Kier alpha value is -2.05. The number of hydrogen-bond acceptors (Lipinski definition) is 3. The molecular weight excluding hydrogens is 338 g/mol. The van der Waals surface area contributed by atoms with Crippen LogP contribution in [-0.4, -0.2) is 19.5 Å². The molecule has 7 heteroatoms. The molecule has 0 aliphatic rings. The van der Waals surface area contributed by atoms with Gasteiger partial charge in [-0.1, -0.05) is 23.7 Å². The van der Waals surface area contributed by atoms with Crippen LogP contribution in [-0.2, 0) is 21.2 Å². The second kappa shape index (κ2) is 7.02. The standard InChI is InChI=1S/C16H16ClNO4S/c1-11-10-13(17)5-8-15(11)18-23(21,22)14-6-2-12(3-7-14)4-9-16(19)20/h2-3,5-8,10,18H,4,9H2,1H3,(H,19,20). The first-order valence-electron chi connectivity index (χ1n) is 6.87. The zero-order valence-corrected chi connectivity index (χ0v) is 14.0. The molecule has 0 aliphatic heterocycles. The summed E-state index contributed by atoms with van der Waals surface area (Å²) in [5, 5.41) is 9.19. The highest BCUT2D eigenvalue weighted by molar-refractivity contribution is 7.92. The van der Waals surface area contributed by atoms with Gasteiger partial charge in [0.05, 0.1) is 10.6 Å². The van der Waals surface area contributed by atoms with Gasteiger partial charge in [0.25, 0.3) is 10.0 Å². The molecule has 2 N–H and O–H groups in total. The Bertz CT molecular complexity index is 816. The minimum Gasteiger partial charge on any atom is -0.481 e. The fourth-order valence-electron chi connectivity index (χ4n) is 2.03. The third-order valence-corrected chi connectivity index (χ3v) is 4.91. The van der Waals surface area contributed by atoms with Crippen LogP contribution in [0, 0.1) is 6.92 Å². The molecule has 122 valence electrons. The fraction of sp³-hybridized carbons (Fsp3) is 0.188. The normalized spacial score (nSPS) is 11.2. The molecule has 0 atom stereocenters. The van der Waals surface area contributed by atoms with Crippen molar-refractivity contribution in [3.8, 4) is 0 Å². The summed E-state index contributed by atoms with van der Waals surface area (Å²) in [4.78, 5) is 10.7. The summed E-state index contributed by atoms with van der Waals surface area (Å²) in [5.41, 5.74) is 1.96. The van der Waals surface area contributed by atoms with E-state index in [4.69, 9.17) is 16.7 Å². The van der Waals surface area contributed by atoms with Gasteiger partial charge in [-0.2, -0.15) is 0 Å². The van der Waals surface area contributed by atoms with Crippen molar-refractivity contribution in [2.45, 2.75) is 24.7 Å². The van der Waals surface area contributed by atoms with Crippen molar-refractivity contribution in [2.75, 3.05) is 4.72 Å². The van der Waals surface area contributed by atoms with Gasteiger partial charge in [0.2, 0.25) is 0 Å². The molecule has 0 saturated heterocycles. The topological polar surface area (TPSA) is 83.5 Å². The number of carbonyl (C=O) groups is 1. The average molecular weight is 354 g/mol. The molecule has 0 unspecified atom stereocenters. The van der Waals surface area contributed by atoms with Crippen LogP contribution in [0.1, 0.15) is 17.5 Å². The Morgan fingerprint density at radius 3 is 2.39 bits per heavy atom. The first-order chi connectivity index (χ1) is 10.8. The van der Waals surface area contributed by atoms with E-state index in [0.717, 1.165) is 11.1 Å². The second-order valence-corrected chi connectivity index (χ2v) is 7.22. The molecule has 0 aliphatic carbocycles. The Labute approximate surface area is 140 Å². The molecule has 2 aromatic carbocycles. The van der Waals surface area contributed by atoms with Crippen LogP contribution in [0.4, 0.5) is 5.69 Å². The van der Waals surface area contributed by atoms with Crippen LogP contribution in [0.25, 0.3) is 0 Å². The van der Waals surface area contributed by atoms with Crippen LogP contribution in [0.2, 0.25) is 5.02 Å². The van der Waals surface area contributed by atoms with E-state index < -0.39 is 16.0 Å². The van der Waals surface area contributed by atoms with Crippen LogP contribution >= 0.6 is 11.6 Å². The summed E-state index contributed by atoms with van der Waals surface area (Å²) in [7, 11) is -3.71. The first-order valence-corrected chi connectivity index (χ1v) is 8.74. The third kappa shape index (κ3) is 4.71. The van der Waals surface area contributed by atoms with Crippen LogP contribution < -0.4 is 4.72 Å². The van der Waals surface area contributed by atoms with E-state index in [2.05, 4.69) is 4.72 Å². The largest absolute Gasteiger partial charge is 0.481 e. The van der Waals surface area contributed by atoms with Crippen molar-refractivity contribution < 1.29 is 18.3 Å². The Kier molecular flexibility index (Phi) is 5.28. The zero-order valence-electron chi connectivity index (χ0n) is 12.4. The number of benzene rings is 2. The van der Waals surface area contributed by atoms with E-state index in [-0.39, 0.29) is 11.3 Å². The third-order valence-electron chi connectivity index (χ3n) is 3.29. The fourth-order valence-corrected chi connectivity index (χ4v) is 3.39. The molecule has 0 fully saturated rings. The van der Waals surface area contributed by atoms with Gasteiger partial charge in [-0.05, 0) is 54.8 Å². The second-order valence-electron chi connectivity index (χ2n) is 5.10. The van der Waals surface area contributed by atoms with Crippen molar-refractivity contribution in [1.29, 1.82) is 0 Å². The lowest BCUT2D eigenvalue weighted by molar-refractivity contribution is -0.136. The van der Waals surface area contributed by atoms with Crippen molar-refractivity contribution in [1.82, 2.24) is 0 Å². The summed E-state index contributed by atoms with van der Waals surface area (Å²) in [5.74, 6) is -0.887. The van der Waals surface area contributed by atoms with E-state index in [0.29, 0.717) is 17.1 Å². The Morgan fingerprint density at radius 2 is 1.83 bits per heavy atom. The number of carboxylic acid groups (broad SMARTS) is 1. The van der Waals surface area contributed by atoms with Gasteiger partial charge in [0, 0.05) is 11.4 Å². The number of aryl methyl sites for hydroxylation is 2. The van der Waals surface area contributed by atoms with E-state index in [1.165, 1.54) is 12.1 Å². The highest BCUT2D eigenvalue weighted by atomic mass is 35.5. The monoisotopic (exact) mass is 353 g/mol. The number of rotatable bonds is 6. The van der Waals surface area contributed by atoms with Crippen molar-refractivity contribution >= 4 is 33.3 Å². The number of carboxylic acids is 1. The number of nitrogens with one attached hydrogen (secondary N) is 1. The molecule has 2 aromatic rings. The van der Waals surface area contributed by atoms with E-state index in [1.54, 1.807) is 37.3 Å². The van der Waals surface area contributed by atoms with E-state index in [1.807, 2.05) is 0 Å². The molecule has 2 rings (SSSR count). The van der Waals surface area contributed by atoms with Crippen molar-refractivity contribution in [3.05, 3.63) is 58.6 Å². The first kappa shape index (κ1) is 17.3. The number of sulfonamides is 1. The predicted molar refractivity (Wildman–Crippen MR) is 89.4 cm³/mol. The van der Waals surface area contributed by atoms with E-state index in [9.17, 15) is 13.2 Å². The molecule has 0 heterocycles. The molecule has 0 aromatic heterocycles. The SMILES string of the molecule is Cc1cc(Cl)ccc1NS(=O)(=O)c1ccc(CCC(=O)O)cc1. The van der Waals surface area contributed by atoms with Crippen LogP contribution in [0.3, 0.4) is 0 Å². The van der Waals surface area contributed by atoms with Gasteiger partial charge in [0.1, 0.15) is 0 Å². The molecule has 23 heavy (non-hydrogen) atoms. The van der Waals surface area contributed by atoms with Gasteiger partial charge >= 0.3 is 5.97 Å². The lowest BCUT2D eigenvalue weighted by Gasteiger charge is -2.11. The van der Waals surface area contributed by atoms with Gasteiger partial charge in [0.15, 0.2) is 0 Å². The lowest BCUT2D eigenvalue weighted by Crippen LogP contribution is -2.13. The summed E-state index contributed by atoms with van der Waals surface area (Å²) in [6.45, 7) is 1.76. The zero-order chi connectivity index (χ0) is 17.0. The van der Waals surface area contributed by atoms with Crippen LogP contribution in [0.5, 0.6) is 0 Å². The Morgan fingerprint density at radius 1 is 1.17 bits per heavy atom. The quantitative estimate of drug-likeness (QED) is 0.832. The molecule has 0 bridgehead atoms. The maximum Gasteiger partial charge on any atom is 0.303 e. The number of hydrogen-bond donors (Lipinski definition) is 2. The minimum atomic E-state index is -3.71. The summed E-state index contributed by atoms with van der Waals surface area (Å²) in [6.07, 6.45) is 0.369.